The fourth-order valence-corrected chi connectivity index (χ4v) is 3.45. The Bertz CT molecular complexity index is 585. The summed E-state index contributed by atoms with van der Waals surface area (Å²) < 4.78 is 5.28. The first-order chi connectivity index (χ1) is 12.4. The molecule has 4 nitrogen and oxygen atoms in total. The van der Waals surface area contributed by atoms with Gasteiger partial charge in [0.2, 0.25) is 0 Å². The van der Waals surface area contributed by atoms with Gasteiger partial charge in [-0.1, -0.05) is 60.7 Å². The van der Waals surface area contributed by atoms with Gasteiger partial charge < -0.3 is 9.53 Å². The zero-order valence-corrected chi connectivity index (χ0v) is 14.6. The molecule has 0 bridgehead atoms. The molecule has 132 valence electrons. The van der Waals surface area contributed by atoms with Crippen molar-refractivity contribution in [1.82, 2.24) is 9.80 Å². The molecule has 1 fully saturated rings. The Labute approximate surface area is 150 Å². The summed E-state index contributed by atoms with van der Waals surface area (Å²) in [6.45, 7) is 5.83. The predicted molar refractivity (Wildman–Crippen MR) is 99.6 cm³/mol. The van der Waals surface area contributed by atoms with Gasteiger partial charge in [-0.3, -0.25) is 9.80 Å². The summed E-state index contributed by atoms with van der Waals surface area (Å²) in [6, 6.07) is 21.8. The summed E-state index contributed by atoms with van der Waals surface area (Å²) in [4.78, 5) is 15.3. The fraction of sp³-hybridized carbons (Fsp3) is 0.381. The highest BCUT2D eigenvalue weighted by atomic mass is 16.5. The van der Waals surface area contributed by atoms with Gasteiger partial charge >= 0.3 is 0 Å². The van der Waals surface area contributed by atoms with Crippen LogP contribution in [0.5, 0.6) is 0 Å². The van der Waals surface area contributed by atoms with E-state index < -0.39 is 0 Å². The summed E-state index contributed by atoms with van der Waals surface area (Å²) in [6.07, 6.45) is 0.808. The number of rotatable bonds is 8. The molecule has 0 saturated carbocycles. The fourth-order valence-electron chi connectivity index (χ4n) is 3.45. The summed E-state index contributed by atoms with van der Waals surface area (Å²) in [5.41, 5.74) is 2.69. The largest absolute Gasteiger partial charge is 0.373 e. The van der Waals surface area contributed by atoms with Gasteiger partial charge in [0.1, 0.15) is 12.9 Å². The lowest BCUT2D eigenvalue weighted by molar-refractivity contribution is -0.112. The van der Waals surface area contributed by atoms with Crippen molar-refractivity contribution in [3.63, 3.8) is 0 Å². The van der Waals surface area contributed by atoms with Crippen LogP contribution in [0, 0.1) is 0 Å². The third-order valence-corrected chi connectivity index (χ3v) is 4.74. The molecule has 1 aliphatic heterocycles. The van der Waals surface area contributed by atoms with Crippen LogP contribution >= 0.6 is 0 Å². The summed E-state index contributed by atoms with van der Waals surface area (Å²) in [5, 5.41) is 0. The van der Waals surface area contributed by atoms with E-state index in [1.54, 1.807) is 0 Å². The van der Waals surface area contributed by atoms with Crippen LogP contribution in [0.1, 0.15) is 17.2 Å². The van der Waals surface area contributed by atoms with Gasteiger partial charge in [0.25, 0.3) is 0 Å². The lowest BCUT2D eigenvalue weighted by atomic mass is 9.96. The van der Waals surface area contributed by atoms with E-state index in [4.69, 9.17) is 4.74 Å². The number of carbonyl (C=O) groups is 1. The molecule has 2 aromatic carbocycles. The molecule has 0 spiro atoms. The van der Waals surface area contributed by atoms with E-state index in [-0.39, 0.29) is 6.61 Å². The van der Waals surface area contributed by atoms with Gasteiger partial charge in [0, 0.05) is 32.7 Å². The lowest BCUT2D eigenvalue weighted by Gasteiger charge is -2.39. The van der Waals surface area contributed by atoms with E-state index in [2.05, 4.69) is 70.5 Å². The maximum atomic E-state index is 10.3. The van der Waals surface area contributed by atoms with Gasteiger partial charge in [0.15, 0.2) is 0 Å². The Hall–Kier alpha value is -2.01. The summed E-state index contributed by atoms with van der Waals surface area (Å²) in [5.74, 6) is 0. The van der Waals surface area contributed by atoms with Gasteiger partial charge in [-0.15, -0.1) is 0 Å². The van der Waals surface area contributed by atoms with Crippen LogP contribution in [-0.4, -0.2) is 62.0 Å². The van der Waals surface area contributed by atoms with E-state index >= 15 is 0 Å². The first-order valence-corrected chi connectivity index (χ1v) is 8.96. The number of aldehydes is 1. The van der Waals surface area contributed by atoms with Crippen molar-refractivity contribution < 1.29 is 9.53 Å². The molecule has 2 aromatic rings. The Morgan fingerprint density at radius 1 is 0.880 bits per heavy atom. The summed E-state index contributed by atoms with van der Waals surface area (Å²) >= 11 is 0. The quantitative estimate of drug-likeness (QED) is 0.547. The molecule has 0 aliphatic carbocycles. The van der Waals surface area contributed by atoms with Crippen molar-refractivity contribution in [2.24, 2.45) is 0 Å². The number of hydrogen-bond acceptors (Lipinski definition) is 4. The van der Waals surface area contributed by atoms with E-state index in [0.29, 0.717) is 12.6 Å². The standard InChI is InChI=1S/C21H26N2O2/c24-16-18-25-17-15-22-11-13-23(14-12-22)21(19-7-3-1-4-8-19)20-9-5-2-6-10-20/h1-10,16,21H,11-15,17-18H2. The normalized spacial score (nSPS) is 16.2. The predicted octanol–water partition coefficient (Wildman–Crippen LogP) is 2.61. The topological polar surface area (TPSA) is 32.8 Å². The molecule has 1 heterocycles. The highest BCUT2D eigenvalue weighted by Crippen LogP contribution is 2.29. The number of benzene rings is 2. The molecule has 3 rings (SSSR count). The maximum Gasteiger partial charge on any atom is 0.145 e. The maximum absolute atomic E-state index is 10.3. The van der Waals surface area contributed by atoms with Crippen molar-refractivity contribution in [2.75, 3.05) is 45.9 Å². The molecule has 0 N–H and O–H groups in total. The lowest BCUT2D eigenvalue weighted by Crippen LogP contribution is -2.48. The van der Waals surface area contributed by atoms with Crippen molar-refractivity contribution in [1.29, 1.82) is 0 Å². The zero-order chi connectivity index (χ0) is 17.3. The van der Waals surface area contributed by atoms with Crippen LogP contribution in [-0.2, 0) is 9.53 Å². The van der Waals surface area contributed by atoms with Crippen molar-refractivity contribution in [3.8, 4) is 0 Å². The highest BCUT2D eigenvalue weighted by Gasteiger charge is 2.26. The van der Waals surface area contributed by atoms with Crippen molar-refractivity contribution in [3.05, 3.63) is 71.8 Å². The van der Waals surface area contributed by atoms with Gasteiger partial charge in [-0.05, 0) is 11.1 Å². The number of nitrogens with zero attached hydrogens (tertiary/aromatic N) is 2. The molecular formula is C21H26N2O2. The van der Waals surface area contributed by atoms with Gasteiger partial charge in [-0.25, -0.2) is 0 Å². The molecule has 4 heteroatoms. The Morgan fingerprint density at radius 3 is 1.96 bits per heavy atom. The van der Waals surface area contributed by atoms with Crippen LogP contribution in [0.15, 0.2) is 60.7 Å². The number of carbonyl (C=O) groups excluding carboxylic acids is 1. The minimum absolute atomic E-state index is 0.198. The second kappa shape index (κ2) is 9.47. The van der Waals surface area contributed by atoms with Crippen LogP contribution in [0.4, 0.5) is 0 Å². The SMILES string of the molecule is O=CCOCCN1CCN(C(c2ccccc2)c2ccccc2)CC1. The zero-order valence-electron chi connectivity index (χ0n) is 14.6. The average Bonchev–Trinajstić information content (AvgIpc) is 2.68. The molecular weight excluding hydrogens is 312 g/mol. The molecule has 0 unspecified atom stereocenters. The second-order valence-electron chi connectivity index (χ2n) is 6.34. The van der Waals surface area contributed by atoms with Gasteiger partial charge in [0.05, 0.1) is 12.6 Å². The Balaban J connectivity index is 1.64. The first kappa shape index (κ1) is 17.8. The molecule has 0 atom stereocenters. The highest BCUT2D eigenvalue weighted by molar-refractivity contribution is 5.50. The van der Waals surface area contributed by atoms with Gasteiger partial charge in [-0.2, -0.15) is 0 Å². The Kier molecular flexibility index (Phi) is 6.74. The molecule has 0 radical (unpaired) electrons. The van der Waals surface area contributed by atoms with E-state index in [0.717, 1.165) is 39.0 Å². The first-order valence-electron chi connectivity index (χ1n) is 8.96. The van der Waals surface area contributed by atoms with Crippen LogP contribution in [0.3, 0.4) is 0 Å². The number of ether oxygens (including phenoxy) is 1. The molecule has 0 aromatic heterocycles. The molecule has 0 amide bonds. The number of piperazine rings is 1. The van der Waals surface area contributed by atoms with E-state index in [1.165, 1.54) is 11.1 Å². The minimum atomic E-state index is 0.198. The third-order valence-electron chi connectivity index (χ3n) is 4.74. The molecule has 1 saturated heterocycles. The van der Waals surface area contributed by atoms with Crippen molar-refractivity contribution >= 4 is 6.29 Å². The molecule has 1 aliphatic rings. The summed E-state index contributed by atoms with van der Waals surface area (Å²) in [7, 11) is 0. The third kappa shape index (κ3) is 4.98. The van der Waals surface area contributed by atoms with E-state index in [9.17, 15) is 4.79 Å². The monoisotopic (exact) mass is 338 g/mol. The minimum Gasteiger partial charge on any atom is -0.373 e. The Morgan fingerprint density at radius 2 is 1.44 bits per heavy atom. The number of hydrogen-bond donors (Lipinski definition) is 0. The second-order valence-corrected chi connectivity index (χ2v) is 6.34. The van der Waals surface area contributed by atoms with E-state index in [1.807, 2.05) is 0 Å². The smallest absolute Gasteiger partial charge is 0.145 e. The van der Waals surface area contributed by atoms with Crippen molar-refractivity contribution in [2.45, 2.75) is 6.04 Å². The van der Waals surface area contributed by atoms with Crippen LogP contribution in [0.25, 0.3) is 0 Å². The average molecular weight is 338 g/mol. The van der Waals surface area contributed by atoms with Crippen LogP contribution < -0.4 is 0 Å². The van der Waals surface area contributed by atoms with Crippen LogP contribution in [0.2, 0.25) is 0 Å². The molecule has 25 heavy (non-hydrogen) atoms.